The lowest BCUT2D eigenvalue weighted by atomic mass is 10.2. The molecule has 0 rings (SSSR count). The summed E-state index contributed by atoms with van der Waals surface area (Å²) in [5, 5.41) is 13.3. The van der Waals surface area contributed by atoms with Crippen LogP contribution in [-0.4, -0.2) is 48.2 Å². The maximum atomic E-state index is 11.5. The highest BCUT2D eigenvalue weighted by molar-refractivity contribution is 5.83. The van der Waals surface area contributed by atoms with Crippen LogP contribution in [0.5, 0.6) is 0 Å². The standard InChI is InChI=1S/C13H20N2O7/c1-4-21-11(17)6-5-10(16)14-7-9(12(18)19)15-13(20)22-8(2)3/h9H,2,4-7H2,1,3H3,(H,14,16)(H,15,20)(H,18,19)/t9-/m0/s1. The zero-order chi connectivity index (χ0) is 17.1. The zero-order valence-electron chi connectivity index (χ0n) is 12.5. The lowest BCUT2D eigenvalue weighted by Crippen LogP contribution is -2.48. The highest BCUT2D eigenvalue weighted by Gasteiger charge is 2.21. The molecule has 0 radical (unpaired) electrons. The molecule has 0 unspecified atom stereocenters. The van der Waals surface area contributed by atoms with Gasteiger partial charge in [0.1, 0.15) is 6.04 Å². The molecular weight excluding hydrogens is 296 g/mol. The minimum atomic E-state index is -1.36. The molecule has 0 aliphatic heterocycles. The van der Waals surface area contributed by atoms with Crippen LogP contribution in [0.4, 0.5) is 4.79 Å². The number of carbonyl (C=O) groups is 4. The van der Waals surface area contributed by atoms with Crippen molar-refractivity contribution >= 4 is 23.9 Å². The van der Waals surface area contributed by atoms with Gasteiger partial charge in [0, 0.05) is 13.0 Å². The number of ether oxygens (including phenoxy) is 2. The van der Waals surface area contributed by atoms with E-state index in [4.69, 9.17) is 5.11 Å². The largest absolute Gasteiger partial charge is 0.480 e. The van der Waals surface area contributed by atoms with E-state index in [1.165, 1.54) is 6.92 Å². The fraction of sp³-hybridized carbons (Fsp3) is 0.538. The van der Waals surface area contributed by atoms with E-state index in [9.17, 15) is 19.2 Å². The SMILES string of the molecule is C=C(C)OC(=O)N[C@@H](CNC(=O)CCC(=O)OCC)C(=O)O. The van der Waals surface area contributed by atoms with Crippen molar-refractivity contribution in [2.24, 2.45) is 0 Å². The summed E-state index contributed by atoms with van der Waals surface area (Å²) in [6.45, 7) is 6.27. The molecule has 0 heterocycles. The Labute approximate surface area is 127 Å². The van der Waals surface area contributed by atoms with Crippen LogP contribution in [0.2, 0.25) is 0 Å². The van der Waals surface area contributed by atoms with Crippen LogP contribution in [0.1, 0.15) is 26.7 Å². The minimum absolute atomic E-state index is 0.0973. The van der Waals surface area contributed by atoms with Crippen LogP contribution < -0.4 is 10.6 Å². The van der Waals surface area contributed by atoms with Crippen molar-refractivity contribution < 1.29 is 33.8 Å². The first kappa shape index (κ1) is 19.4. The third-order valence-corrected chi connectivity index (χ3v) is 2.22. The second-order valence-corrected chi connectivity index (χ2v) is 4.24. The number of hydrogen-bond acceptors (Lipinski definition) is 6. The number of amides is 2. The molecule has 0 aliphatic carbocycles. The Kier molecular flexibility index (Phi) is 9.00. The van der Waals surface area contributed by atoms with E-state index in [0.29, 0.717) is 0 Å². The Bertz CT molecular complexity index is 448. The summed E-state index contributed by atoms with van der Waals surface area (Å²) < 4.78 is 9.21. The molecule has 0 aromatic carbocycles. The topological polar surface area (TPSA) is 131 Å². The first-order valence-corrected chi connectivity index (χ1v) is 6.55. The molecule has 0 saturated heterocycles. The number of hydrogen-bond donors (Lipinski definition) is 3. The summed E-state index contributed by atoms with van der Waals surface area (Å²) in [5.41, 5.74) is 0. The van der Waals surface area contributed by atoms with E-state index in [0.717, 1.165) is 0 Å². The Morgan fingerprint density at radius 2 is 1.86 bits per heavy atom. The number of carboxylic acids is 1. The van der Waals surface area contributed by atoms with Gasteiger partial charge in [0.15, 0.2) is 0 Å². The number of carboxylic acid groups (broad SMARTS) is 1. The average molecular weight is 316 g/mol. The van der Waals surface area contributed by atoms with Crippen molar-refractivity contribution in [3.05, 3.63) is 12.3 Å². The van der Waals surface area contributed by atoms with Crippen LogP contribution in [-0.2, 0) is 23.9 Å². The maximum Gasteiger partial charge on any atom is 0.413 e. The molecule has 0 saturated carbocycles. The molecule has 0 aliphatic rings. The molecule has 9 nitrogen and oxygen atoms in total. The summed E-state index contributed by atoms with van der Waals surface area (Å²) in [4.78, 5) is 44.8. The minimum Gasteiger partial charge on any atom is -0.480 e. The normalized spacial score (nSPS) is 11.0. The molecule has 0 aromatic heterocycles. The molecule has 0 fully saturated rings. The van der Waals surface area contributed by atoms with Crippen LogP contribution in [0.15, 0.2) is 12.3 Å². The average Bonchev–Trinajstić information content (AvgIpc) is 2.40. The maximum absolute atomic E-state index is 11.5. The van der Waals surface area contributed by atoms with Gasteiger partial charge in [-0.15, -0.1) is 0 Å². The Morgan fingerprint density at radius 1 is 1.23 bits per heavy atom. The summed E-state index contributed by atoms with van der Waals surface area (Å²) in [6.07, 6.45) is -1.23. The Hall–Kier alpha value is -2.58. The monoisotopic (exact) mass is 316 g/mol. The fourth-order valence-electron chi connectivity index (χ4n) is 1.28. The van der Waals surface area contributed by atoms with Gasteiger partial charge in [-0.1, -0.05) is 6.58 Å². The van der Waals surface area contributed by atoms with Gasteiger partial charge in [-0.2, -0.15) is 0 Å². The van der Waals surface area contributed by atoms with E-state index in [2.05, 4.69) is 26.7 Å². The lowest BCUT2D eigenvalue weighted by molar-refractivity contribution is -0.144. The molecule has 9 heteroatoms. The van der Waals surface area contributed by atoms with Gasteiger partial charge in [-0.05, 0) is 13.8 Å². The molecule has 0 spiro atoms. The van der Waals surface area contributed by atoms with Gasteiger partial charge < -0.3 is 25.2 Å². The number of nitrogens with one attached hydrogen (secondary N) is 2. The van der Waals surface area contributed by atoms with Crippen molar-refractivity contribution in [1.82, 2.24) is 10.6 Å². The van der Waals surface area contributed by atoms with Gasteiger partial charge in [0.05, 0.1) is 18.8 Å². The number of esters is 1. The molecular formula is C13H20N2O7. The summed E-state index contributed by atoms with van der Waals surface area (Å²) in [5.74, 6) is -2.30. The number of rotatable bonds is 9. The molecule has 3 N–H and O–H groups in total. The van der Waals surface area contributed by atoms with Crippen molar-refractivity contribution in [3.63, 3.8) is 0 Å². The summed E-state index contributed by atoms with van der Waals surface area (Å²) >= 11 is 0. The number of aliphatic carboxylic acids is 1. The first-order valence-electron chi connectivity index (χ1n) is 6.55. The predicted molar refractivity (Wildman–Crippen MR) is 74.7 cm³/mol. The van der Waals surface area contributed by atoms with Crippen LogP contribution in [0, 0.1) is 0 Å². The number of carbonyl (C=O) groups excluding carboxylic acids is 3. The Morgan fingerprint density at radius 3 is 2.36 bits per heavy atom. The van der Waals surface area contributed by atoms with Crippen molar-refractivity contribution in [1.29, 1.82) is 0 Å². The molecule has 0 bridgehead atoms. The second-order valence-electron chi connectivity index (χ2n) is 4.24. The molecule has 0 aromatic rings. The first-order chi connectivity index (χ1) is 10.3. The summed E-state index contributed by atoms with van der Waals surface area (Å²) in [7, 11) is 0. The van der Waals surface area contributed by atoms with Crippen LogP contribution in [0.25, 0.3) is 0 Å². The number of allylic oxidation sites excluding steroid dienone is 1. The second kappa shape index (κ2) is 10.2. The van der Waals surface area contributed by atoms with E-state index in [1.54, 1.807) is 6.92 Å². The van der Waals surface area contributed by atoms with Crippen LogP contribution in [0.3, 0.4) is 0 Å². The van der Waals surface area contributed by atoms with Gasteiger partial charge in [-0.3, -0.25) is 9.59 Å². The lowest BCUT2D eigenvalue weighted by Gasteiger charge is -2.15. The van der Waals surface area contributed by atoms with E-state index >= 15 is 0 Å². The predicted octanol–water partition coefficient (Wildman–Crippen LogP) is 0.159. The van der Waals surface area contributed by atoms with Crippen molar-refractivity contribution in [3.8, 4) is 0 Å². The third-order valence-electron chi connectivity index (χ3n) is 2.22. The molecule has 1 atom stereocenters. The zero-order valence-corrected chi connectivity index (χ0v) is 12.5. The number of alkyl carbamates (subject to hydrolysis) is 1. The molecule has 2 amide bonds. The van der Waals surface area contributed by atoms with Gasteiger partial charge in [0.25, 0.3) is 0 Å². The van der Waals surface area contributed by atoms with Crippen LogP contribution >= 0.6 is 0 Å². The summed E-state index contributed by atoms with van der Waals surface area (Å²) in [6, 6.07) is -1.36. The van der Waals surface area contributed by atoms with Crippen molar-refractivity contribution in [2.45, 2.75) is 32.7 Å². The fourth-order valence-corrected chi connectivity index (χ4v) is 1.28. The van der Waals surface area contributed by atoms with E-state index in [-0.39, 0.29) is 31.8 Å². The third kappa shape index (κ3) is 9.34. The Balaban J connectivity index is 4.21. The van der Waals surface area contributed by atoms with E-state index < -0.39 is 30.0 Å². The van der Waals surface area contributed by atoms with E-state index in [1.807, 2.05) is 0 Å². The quantitative estimate of drug-likeness (QED) is 0.408. The molecule has 22 heavy (non-hydrogen) atoms. The van der Waals surface area contributed by atoms with Gasteiger partial charge in [-0.25, -0.2) is 9.59 Å². The highest BCUT2D eigenvalue weighted by atomic mass is 16.6. The smallest absolute Gasteiger partial charge is 0.413 e. The van der Waals surface area contributed by atoms with Crippen molar-refractivity contribution in [2.75, 3.05) is 13.2 Å². The highest BCUT2D eigenvalue weighted by Crippen LogP contribution is 1.95. The van der Waals surface area contributed by atoms with Gasteiger partial charge in [0.2, 0.25) is 5.91 Å². The van der Waals surface area contributed by atoms with Gasteiger partial charge >= 0.3 is 18.0 Å². The molecule has 124 valence electrons.